The number of nitrogens with zero attached hydrogens (tertiary/aromatic N) is 3. The van der Waals surface area contributed by atoms with Gasteiger partial charge >= 0.3 is 0 Å². The molecule has 0 aliphatic carbocycles. The summed E-state index contributed by atoms with van der Waals surface area (Å²) in [6.07, 6.45) is 1.13. The molecule has 1 saturated heterocycles. The van der Waals surface area contributed by atoms with Crippen molar-refractivity contribution in [1.29, 1.82) is 0 Å². The minimum Gasteiger partial charge on any atom is -0.357 e. The number of nitro groups is 1. The van der Waals surface area contributed by atoms with Gasteiger partial charge < -0.3 is 10.2 Å². The third-order valence-electron chi connectivity index (χ3n) is 3.90. The standard InChI is InChI=1S/C16H24N4O2/c1-4-17-15(19-10-9-16(2,3)12-19)18-11-13-7-5-6-8-14(13)20(21)22/h5-8H,4,9-12H2,1-3H3,(H,17,18). The zero-order valence-corrected chi connectivity index (χ0v) is 13.5. The van der Waals surface area contributed by atoms with Crippen LogP contribution in [0.2, 0.25) is 0 Å². The van der Waals surface area contributed by atoms with E-state index in [2.05, 4.69) is 29.1 Å². The number of aliphatic imine (C=N–C) groups is 1. The van der Waals surface area contributed by atoms with E-state index in [0.717, 1.165) is 32.0 Å². The fourth-order valence-electron chi connectivity index (χ4n) is 2.70. The van der Waals surface area contributed by atoms with Crippen molar-refractivity contribution in [2.45, 2.75) is 33.7 Å². The maximum absolute atomic E-state index is 11.1. The van der Waals surface area contributed by atoms with Gasteiger partial charge in [-0.15, -0.1) is 0 Å². The highest BCUT2D eigenvalue weighted by atomic mass is 16.6. The summed E-state index contributed by atoms with van der Waals surface area (Å²) >= 11 is 0. The molecule has 1 aliphatic heterocycles. The van der Waals surface area contributed by atoms with E-state index in [1.807, 2.05) is 13.0 Å². The van der Waals surface area contributed by atoms with Crippen LogP contribution in [0.5, 0.6) is 0 Å². The van der Waals surface area contributed by atoms with Gasteiger partial charge in [-0.25, -0.2) is 4.99 Å². The number of nitro benzene ring substituents is 1. The van der Waals surface area contributed by atoms with Crippen molar-refractivity contribution >= 4 is 11.6 Å². The monoisotopic (exact) mass is 304 g/mol. The normalized spacial score (nSPS) is 17.6. The Morgan fingerprint density at radius 2 is 2.18 bits per heavy atom. The Labute approximate surface area is 131 Å². The second-order valence-corrected chi connectivity index (χ2v) is 6.39. The van der Waals surface area contributed by atoms with Gasteiger partial charge in [0.05, 0.1) is 17.0 Å². The molecule has 0 aromatic heterocycles. The van der Waals surface area contributed by atoms with Crippen LogP contribution in [0, 0.1) is 15.5 Å². The topological polar surface area (TPSA) is 70.8 Å². The quantitative estimate of drug-likeness (QED) is 0.402. The number of nitrogens with one attached hydrogen (secondary N) is 1. The Balaban J connectivity index is 2.16. The molecule has 0 saturated carbocycles. The van der Waals surface area contributed by atoms with Crippen LogP contribution in [0.3, 0.4) is 0 Å². The number of rotatable bonds is 4. The largest absolute Gasteiger partial charge is 0.357 e. The van der Waals surface area contributed by atoms with E-state index in [1.54, 1.807) is 12.1 Å². The van der Waals surface area contributed by atoms with Gasteiger partial charge in [-0.05, 0) is 18.8 Å². The van der Waals surface area contributed by atoms with E-state index < -0.39 is 0 Å². The predicted octanol–water partition coefficient (Wildman–Crippen LogP) is 2.79. The maximum Gasteiger partial charge on any atom is 0.274 e. The third-order valence-corrected chi connectivity index (χ3v) is 3.90. The molecule has 6 nitrogen and oxygen atoms in total. The molecular weight excluding hydrogens is 280 g/mol. The van der Waals surface area contributed by atoms with Crippen molar-refractivity contribution in [1.82, 2.24) is 10.2 Å². The van der Waals surface area contributed by atoms with Gasteiger partial charge in [0.1, 0.15) is 0 Å². The fourth-order valence-corrected chi connectivity index (χ4v) is 2.70. The average molecular weight is 304 g/mol. The van der Waals surface area contributed by atoms with Crippen molar-refractivity contribution in [3.63, 3.8) is 0 Å². The lowest BCUT2D eigenvalue weighted by atomic mass is 9.93. The van der Waals surface area contributed by atoms with Crippen LogP contribution >= 0.6 is 0 Å². The summed E-state index contributed by atoms with van der Waals surface area (Å²) in [6.45, 7) is 9.55. The molecule has 1 aliphatic rings. The molecule has 0 radical (unpaired) electrons. The van der Waals surface area contributed by atoms with Gasteiger partial charge in [-0.2, -0.15) is 0 Å². The van der Waals surface area contributed by atoms with Crippen LogP contribution in [-0.4, -0.2) is 35.4 Å². The van der Waals surface area contributed by atoms with Gasteiger partial charge in [-0.1, -0.05) is 32.0 Å². The number of para-hydroxylation sites is 1. The van der Waals surface area contributed by atoms with Crippen molar-refractivity contribution in [3.8, 4) is 0 Å². The van der Waals surface area contributed by atoms with E-state index in [-0.39, 0.29) is 16.0 Å². The number of likely N-dealkylation sites (tertiary alicyclic amines) is 1. The summed E-state index contributed by atoms with van der Waals surface area (Å²) < 4.78 is 0. The molecule has 0 atom stereocenters. The molecule has 1 aromatic rings. The lowest BCUT2D eigenvalue weighted by Crippen LogP contribution is -2.40. The van der Waals surface area contributed by atoms with Crippen molar-refractivity contribution < 1.29 is 4.92 Å². The highest BCUT2D eigenvalue weighted by molar-refractivity contribution is 5.80. The molecule has 0 unspecified atom stereocenters. The Hall–Kier alpha value is -2.11. The first-order valence-electron chi connectivity index (χ1n) is 7.68. The van der Waals surface area contributed by atoms with Crippen molar-refractivity contribution in [2.24, 2.45) is 10.4 Å². The van der Waals surface area contributed by atoms with Crippen molar-refractivity contribution in [2.75, 3.05) is 19.6 Å². The molecule has 1 heterocycles. The van der Waals surface area contributed by atoms with Gasteiger partial charge in [0.25, 0.3) is 5.69 Å². The van der Waals surface area contributed by atoms with E-state index in [0.29, 0.717) is 12.1 Å². The Bertz CT molecular complexity index is 569. The van der Waals surface area contributed by atoms with Crippen LogP contribution in [0.25, 0.3) is 0 Å². The van der Waals surface area contributed by atoms with Gasteiger partial charge in [0, 0.05) is 25.7 Å². The summed E-state index contributed by atoms with van der Waals surface area (Å²) in [5.74, 6) is 0.839. The lowest BCUT2D eigenvalue weighted by Gasteiger charge is -2.23. The number of guanidine groups is 1. The van der Waals surface area contributed by atoms with Crippen LogP contribution < -0.4 is 5.32 Å². The maximum atomic E-state index is 11.1. The minimum absolute atomic E-state index is 0.129. The summed E-state index contributed by atoms with van der Waals surface area (Å²) in [5, 5.41) is 14.4. The molecule has 0 bridgehead atoms. The molecule has 0 amide bonds. The van der Waals surface area contributed by atoms with Gasteiger partial charge in [0.2, 0.25) is 0 Å². The second kappa shape index (κ2) is 6.77. The van der Waals surface area contributed by atoms with E-state index in [4.69, 9.17) is 0 Å². The molecule has 2 rings (SSSR count). The Morgan fingerprint density at radius 1 is 1.45 bits per heavy atom. The zero-order chi connectivity index (χ0) is 16.2. The molecular formula is C16H24N4O2. The summed E-state index contributed by atoms with van der Waals surface area (Å²) in [5.41, 5.74) is 1.06. The van der Waals surface area contributed by atoms with Crippen LogP contribution in [0.15, 0.2) is 29.3 Å². The first-order valence-corrected chi connectivity index (χ1v) is 7.68. The van der Waals surface area contributed by atoms with E-state index in [9.17, 15) is 10.1 Å². The third kappa shape index (κ3) is 3.96. The summed E-state index contributed by atoms with van der Waals surface area (Å²) in [4.78, 5) is 17.5. The number of hydrogen-bond acceptors (Lipinski definition) is 3. The summed E-state index contributed by atoms with van der Waals surface area (Å²) in [7, 11) is 0. The van der Waals surface area contributed by atoms with Gasteiger partial charge in [0.15, 0.2) is 5.96 Å². The number of benzene rings is 1. The molecule has 1 fully saturated rings. The van der Waals surface area contributed by atoms with Gasteiger partial charge in [-0.3, -0.25) is 10.1 Å². The molecule has 1 aromatic carbocycles. The SMILES string of the molecule is CCNC(=NCc1ccccc1[N+](=O)[O-])N1CCC(C)(C)C1. The highest BCUT2D eigenvalue weighted by Crippen LogP contribution is 2.28. The van der Waals surface area contributed by atoms with Crippen LogP contribution in [0.1, 0.15) is 32.8 Å². The van der Waals surface area contributed by atoms with Crippen LogP contribution in [-0.2, 0) is 6.54 Å². The Kier molecular flexibility index (Phi) is 5.00. The Morgan fingerprint density at radius 3 is 2.77 bits per heavy atom. The summed E-state index contributed by atoms with van der Waals surface area (Å²) in [6, 6.07) is 6.78. The van der Waals surface area contributed by atoms with E-state index in [1.165, 1.54) is 6.07 Å². The lowest BCUT2D eigenvalue weighted by molar-refractivity contribution is -0.385. The second-order valence-electron chi connectivity index (χ2n) is 6.39. The molecule has 120 valence electrons. The smallest absolute Gasteiger partial charge is 0.274 e. The highest BCUT2D eigenvalue weighted by Gasteiger charge is 2.30. The first-order chi connectivity index (χ1) is 10.4. The molecule has 22 heavy (non-hydrogen) atoms. The molecule has 6 heteroatoms. The van der Waals surface area contributed by atoms with Crippen molar-refractivity contribution in [3.05, 3.63) is 39.9 Å². The average Bonchev–Trinajstić information content (AvgIpc) is 2.83. The number of hydrogen-bond donors (Lipinski definition) is 1. The molecule has 1 N–H and O–H groups in total. The first kappa shape index (κ1) is 16.3. The molecule has 0 spiro atoms. The minimum atomic E-state index is -0.350. The van der Waals surface area contributed by atoms with Crippen LogP contribution in [0.4, 0.5) is 5.69 Å². The van der Waals surface area contributed by atoms with E-state index >= 15 is 0 Å². The fraction of sp³-hybridized carbons (Fsp3) is 0.562. The zero-order valence-electron chi connectivity index (χ0n) is 13.5. The predicted molar refractivity (Wildman–Crippen MR) is 87.9 cm³/mol.